The topological polar surface area (TPSA) is 88.7 Å². The number of nitrogens with zero attached hydrogens (tertiary/aromatic N) is 1. The normalized spacial score (nSPS) is 11.1. The molecule has 26 heavy (non-hydrogen) atoms. The highest BCUT2D eigenvalue weighted by Gasteiger charge is 2.10. The van der Waals surface area contributed by atoms with Crippen LogP contribution in [0.3, 0.4) is 0 Å². The highest BCUT2D eigenvalue weighted by molar-refractivity contribution is 7.80. The number of nitrogens with two attached hydrogens (primary N) is 1. The van der Waals surface area contributed by atoms with Gasteiger partial charge in [0.15, 0.2) is 5.11 Å². The Kier molecular flexibility index (Phi) is 7.11. The molecule has 6 nitrogen and oxygen atoms in total. The molecule has 0 heterocycles. The molecule has 0 saturated heterocycles. The number of carbonyl (C=O) groups is 1. The van der Waals surface area contributed by atoms with Crippen molar-refractivity contribution in [2.24, 2.45) is 10.8 Å². The molecule has 1 amide bonds. The van der Waals surface area contributed by atoms with Crippen LogP contribution in [0.5, 0.6) is 0 Å². The minimum Gasteiger partial charge on any atom is -0.443 e. The third-order valence-corrected chi connectivity index (χ3v) is 3.46. The molecule has 0 aliphatic rings. The van der Waals surface area contributed by atoms with Crippen molar-refractivity contribution in [1.29, 1.82) is 0 Å². The standard InChI is InChI=1S/C19H22N4O2S/c1-13(2)21-19(24)25-12-17(22-23-18(20)26)16-10-8-15(9-11-16)14-6-4-3-5-7-14/h3-11,13H,12H2,1-2H3,(H,21,24)(H3,20,23,26)/b22-17+. The van der Waals surface area contributed by atoms with Crippen molar-refractivity contribution in [2.75, 3.05) is 6.61 Å². The molecule has 0 aliphatic carbocycles. The largest absolute Gasteiger partial charge is 0.443 e. The monoisotopic (exact) mass is 370 g/mol. The lowest BCUT2D eigenvalue weighted by Crippen LogP contribution is -2.33. The number of carbonyl (C=O) groups excluding carboxylic acids is 1. The molecular weight excluding hydrogens is 348 g/mol. The summed E-state index contributed by atoms with van der Waals surface area (Å²) >= 11 is 4.78. The molecule has 0 radical (unpaired) electrons. The van der Waals surface area contributed by atoms with Crippen LogP contribution in [0, 0.1) is 0 Å². The van der Waals surface area contributed by atoms with Gasteiger partial charge >= 0.3 is 6.09 Å². The number of ether oxygens (including phenoxy) is 1. The van der Waals surface area contributed by atoms with Crippen LogP contribution >= 0.6 is 12.2 Å². The molecule has 0 fully saturated rings. The third kappa shape index (κ3) is 6.18. The summed E-state index contributed by atoms with van der Waals surface area (Å²) in [7, 11) is 0. The minimum atomic E-state index is -0.510. The second-order valence-corrected chi connectivity index (χ2v) is 6.29. The molecule has 0 aliphatic heterocycles. The van der Waals surface area contributed by atoms with Crippen molar-refractivity contribution in [3.8, 4) is 11.1 Å². The average molecular weight is 370 g/mol. The van der Waals surface area contributed by atoms with Gasteiger partial charge in [0.1, 0.15) is 12.3 Å². The van der Waals surface area contributed by atoms with Crippen molar-refractivity contribution in [1.82, 2.24) is 10.7 Å². The number of alkyl carbamates (subject to hydrolysis) is 1. The SMILES string of the molecule is CC(C)NC(=O)OC/C(=N\NC(N)=S)c1ccc(-c2ccccc2)cc1. The van der Waals surface area contributed by atoms with E-state index >= 15 is 0 Å². The Bertz CT molecular complexity index is 774. The fourth-order valence-electron chi connectivity index (χ4n) is 2.20. The Morgan fingerprint density at radius 1 is 1.12 bits per heavy atom. The summed E-state index contributed by atoms with van der Waals surface area (Å²) in [5.41, 5.74) is 11.5. The minimum absolute atomic E-state index is 0.0113. The molecule has 0 aromatic heterocycles. The molecule has 2 rings (SSSR count). The van der Waals surface area contributed by atoms with E-state index in [2.05, 4.69) is 15.8 Å². The molecular formula is C19H22N4O2S. The van der Waals surface area contributed by atoms with Crippen molar-refractivity contribution in [3.05, 3.63) is 60.2 Å². The number of hydrazone groups is 1. The first-order valence-corrected chi connectivity index (χ1v) is 8.57. The number of thiocarbonyl (C=S) groups is 1. The number of hydrogen-bond acceptors (Lipinski definition) is 4. The molecule has 7 heteroatoms. The van der Waals surface area contributed by atoms with E-state index in [1.165, 1.54) is 0 Å². The smallest absolute Gasteiger partial charge is 0.407 e. The summed E-state index contributed by atoms with van der Waals surface area (Å²) in [5, 5.41) is 6.84. The van der Waals surface area contributed by atoms with Gasteiger partial charge in [-0.05, 0) is 37.2 Å². The first-order valence-electron chi connectivity index (χ1n) is 8.17. The lowest BCUT2D eigenvalue weighted by molar-refractivity contribution is 0.159. The van der Waals surface area contributed by atoms with Crippen LogP contribution in [0.4, 0.5) is 4.79 Å². The van der Waals surface area contributed by atoms with Crippen LogP contribution in [0.25, 0.3) is 11.1 Å². The quantitative estimate of drug-likeness (QED) is 0.413. The summed E-state index contributed by atoms with van der Waals surface area (Å²) in [6.07, 6.45) is -0.510. The second-order valence-electron chi connectivity index (χ2n) is 5.85. The summed E-state index contributed by atoms with van der Waals surface area (Å²) in [4.78, 5) is 11.7. The zero-order valence-corrected chi connectivity index (χ0v) is 15.5. The first kappa shape index (κ1) is 19.4. The van der Waals surface area contributed by atoms with E-state index in [1.807, 2.05) is 68.4 Å². The molecule has 0 unspecified atom stereocenters. The van der Waals surface area contributed by atoms with E-state index in [4.69, 9.17) is 22.7 Å². The summed E-state index contributed by atoms with van der Waals surface area (Å²) < 4.78 is 5.21. The highest BCUT2D eigenvalue weighted by Crippen LogP contribution is 2.19. The molecule has 2 aromatic carbocycles. The maximum absolute atomic E-state index is 11.7. The Hall–Kier alpha value is -2.93. The molecule has 4 N–H and O–H groups in total. The van der Waals surface area contributed by atoms with E-state index < -0.39 is 6.09 Å². The van der Waals surface area contributed by atoms with Crippen molar-refractivity contribution in [3.63, 3.8) is 0 Å². The predicted molar refractivity (Wildman–Crippen MR) is 108 cm³/mol. The van der Waals surface area contributed by atoms with E-state index in [0.717, 1.165) is 16.7 Å². The zero-order chi connectivity index (χ0) is 18.9. The van der Waals surface area contributed by atoms with E-state index in [9.17, 15) is 4.79 Å². The fraction of sp³-hybridized carbons (Fsp3) is 0.211. The summed E-state index contributed by atoms with van der Waals surface area (Å²) in [6.45, 7) is 3.69. The van der Waals surface area contributed by atoms with Gasteiger partial charge in [0, 0.05) is 11.6 Å². The zero-order valence-electron chi connectivity index (χ0n) is 14.7. The molecule has 0 bridgehead atoms. The average Bonchev–Trinajstić information content (AvgIpc) is 2.62. The Balaban J connectivity index is 2.15. The van der Waals surface area contributed by atoms with E-state index in [1.54, 1.807) is 0 Å². The third-order valence-electron chi connectivity index (χ3n) is 3.37. The van der Waals surface area contributed by atoms with Gasteiger partial charge in [0.05, 0.1) is 0 Å². The highest BCUT2D eigenvalue weighted by atomic mass is 32.1. The number of rotatable bonds is 6. The van der Waals surface area contributed by atoms with E-state index in [-0.39, 0.29) is 17.8 Å². The van der Waals surface area contributed by atoms with Gasteiger partial charge in [-0.1, -0.05) is 54.6 Å². The van der Waals surface area contributed by atoms with Crippen molar-refractivity contribution < 1.29 is 9.53 Å². The molecule has 0 saturated carbocycles. The van der Waals surface area contributed by atoms with Gasteiger partial charge in [-0.15, -0.1) is 0 Å². The maximum atomic E-state index is 11.7. The molecule has 136 valence electrons. The van der Waals surface area contributed by atoms with E-state index in [0.29, 0.717) is 5.71 Å². The van der Waals surface area contributed by atoms with Crippen LogP contribution in [-0.4, -0.2) is 29.6 Å². The summed E-state index contributed by atoms with van der Waals surface area (Å²) in [6, 6.07) is 17.8. The predicted octanol–water partition coefficient (Wildman–Crippen LogP) is 3.03. The number of hydrogen-bond donors (Lipinski definition) is 3. The number of amides is 1. The van der Waals surface area contributed by atoms with Crippen LogP contribution in [0.15, 0.2) is 59.7 Å². The van der Waals surface area contributed by atoms with Crippen LogP contribution in [0.2, 0.25) is 0 Å². The van der Waals surface area contributed by atoms with Gasteiger partial charge in [-0.25, -0.2) is 4.79 Å². The Morgan fingerprint density at radius 3 is 2.31 bits per heavy atom. The van der Waals surface area contributed by atoms with Crippen molar-refractivity contribution in [2.45, 2.75) is 19.9 Å². The van der Waals surface area contributed by atoms with Gasteiger partial charge in [-0.3, -0.25) is 5.43 Å². The van der Waals surface area contributed by atoms with Crippen molar-refractivity contribution >= 4 is 29.1 Å². The maximum Gasteiger partial charge on any atom is 0.407 e. The number of nitrogens with one attached hydrogen (secondary N) is 2. The molecule has 0 atom stereocenters. The van der Waals surface area contributed by atoms with Gasteiger partial charge in [-0.2, -0.15) is 5.10 Å². The molecule has 0 spiro atoms. The lowest BCUT2D eigenvalue weighted by Gasteiger charge is -2.12. The van der Waals surface area contributed by atoms with Gasteiger partial charge in [0.2, 0.25) is 0 Å². The van der Waals surface area contributed by atoms with Crippen LogP contribution in [0.1, 0.15) is 19.4 Å². The summed E-state index contributed by atoms with van der Waals surface area (Å²) in [5.74, 6) is 0. The first-order chi connectivity index (χ1) is 12.5. The van der Waals surface area contributed by atoms with Gasteiger partial charge < -0.3 is 15.8 Å². The second kappa shape index (κ2) is 9.53. The lowest BCUT2D eigenvalue weighted by atomic mass is 10.0. The number of benzene rings is 2. The van der Waals surface area contributed by atoms with Crippen LogP contribution < -0.4 is 16.5 Å². The fourth-order valence-corrected chi connectivity index (χ4v) is 2.25. The van der Waals surface area contributed by atoms with Crippen LogP contribution in [-0.2, 0) is 4.74 Å². The van der Waals surface area contributed by atoms with Gasteiger partial charge in [0.25, 0.3) is 0 Å². The Labute approximate surface area is 158 Å². The Morgan fingerprint density at radius 2 is 1.73 bits per heavy atom. The molecule has 2 aromatic rings.